The molecule has 8 aromatic rings. The van der Waals surface area contributed by atoms with Crippen LogP contribution in [0.3, 0.4) is 0 Å². The second-order valence-corrected chi connectivity index (χ2v) is 27.3. The van der Waals surface area contributed by atoms with Gasteiger partial charge in [0.2, 0.25) is 11.6 Å². The second-order valence-electron chi connectivity index (χ2n) is 18.9. The van der Waals surface area contributed by atoms with E-state index >= 15 is 0 Å². The molecule has 43 heteroatoms. The van der Waals surface area contributed by atoms with Gasteiger partial charge in [-0.15, -0.1) is 20.5 Å². The van der Waals surface area contributed by atoms with Crippen LogP contribution in [0.25, 0.3) is 33.7 Å². The Kier molecular flexibility index (Phi) is 28.3. The molecule has 456 valence electrons. The van der Waals surface area contributed by atoms with Gasteiger partial charge in [0.25, 0.3) is 60.7 Å². The summed E-state index contributed by atoms with van der Waals surface area (Å²) in [5, 5.41) is 26.8. The molecular weight excluding hydrogens is 1430 g/mol. The number of benzene rings is 8. The summed E-state index contributed by atoms with van der Waals surface area (Å²) in [4.78, 5) is 23.5. The first-order valence-corrected chi connectivity index (χ1v) is 33.0. The normalized spacial score (nSPS) is 14.2. The maximum atomic E-state index is 14.1. The third-order valence-corrected chi connectivity index (χ3v) is 18.3. The monoisotopic (exact) mass is 1460 g/mol. The van der Waals surface area contributed by atoms with E-state index in [4.69, 9.17) is 11.5 Å². The fraction of sp³-hybridized carbons (Fsp3) is 0. The van der Waals surface area contributed by atoms with E-state index in [0.29, 0.717) is 0 Å². The van der Waals surface area contributed by atoms with Crippen molar-refractivity contribution in [2.75, 3.05) is 27.6 Å². The zero-order valence-corrected chi connectivity index (χ0v) is 66.9. The van der Waals surface area contributed by atoms with Crippen LogP contribution in [0.15, 0.2) is 194 Å². The predicted octanol–water partition coefficient (Wildman–Crippen LogP) is -9.47. The molecule has 0 radical (unpaired) electrons. The van der Waals surface area contributed by atoms with E-state index in [2.05, 4.69) is 46.8 Å². The smallest absolute Gasteiger partial charge is 0.399 e. The molecule has 0 bridgehead atoms. The van der Waals surface area contributed by atoms with E-state index in [1.807, 2.05) is 0 Å². The molecule has 0 spiro atoms. The first kappa shape index (κ1) is 83.5. The van der Waals surface area contributed by atoms with Gasteiger partial charge in [-0.3, -0.25) is 47.8 Å². The number of nitrogens with one attached hydrogen (secondary N) is 3. The summed E-state index contributed by atoms with van der Waals surface area (Å²) < 4.78 is 209. The van der Waals surface area contributed by atoms with Crippen LogP contribution in [0.5, 0.6) is 0 Å². The number of hydrogen-bond acceptors (Lipinski definition) is 25. The Labute approximate surface area is 672 Å². The van der Waals surface area contributed by atoms with E-state index in [-0.39, 0.29) is 278 Å². The Morgan fingerprint density at radius 2 is 0.684 bits per heavy atom. The minimum absolute atomic E-state index is 0. The minimum Gasteiger partial charge on any atom is -0.399 e. The van der Waals surface area contributed by atoms with E-state index < -0.39 is 113 Å². The fourth-order valence-electron chi connectivity index (χ4n) is 9.00. The average molecular weight is 1470 g/mol. The molecule has 13 N–H and O–H groups in total. The van der Waals surface area contributed by atoms with Gasteiger partial charge in [0.1, 0.15) is 31.0 Å². The molecule has 0 saturated heterocycles. The predicted molar refractivity (Wildman–Crippen MR) is 323 cm³/mol. The number of nitrogen functional groups attached to an aromatic ring is 2. The third-order valence-electron chi connectivity index (χ3n) is 13.1. The number of carbonyl (C=O) groups excluding carboxylic acids is 2. The summed E-state index contributed by atoms with van der Waals surface area (Å²) in [6.45, 7) is 0. The quantitative estimate of drug-likeness (QED) is 0.0141. The topological polar surface area (TPSA) is 523 Å². The van der Waals surface area contributed by atoms with E-state index in [1.165, 1.54) is 84.9 Å². The van der Waals surface area contributed by atoms with Crippen molar-refractivity contribution in [1.82, 2.24) is 0 Å². The number of hydrogen-bond donors (Lipinski definition) is 11. The van der Waals surface area contributed by atoms with Crippen molar-refractivity contribution in [2.45, 2.75) is 19.6 Å². The summed E-state index contributed by atoms with van der Waals surface area (Å²) in [7, 11) is -30.0. The van der Waals surface area contributed by atoms with Crippen LogP contribution < -0.4 is 205 Å². The Balaban J connectivity index is 0.00000320. The van der Waals surface area contributed by atoms with Crippen molar-refractivity contribution in [3.8, 4) is 0 Å². The number of rotatable bonds is 16. The summed E-state index contributed by atoms with van der Waals surface area (Å²) >= 11 is 0. The maximum absolute atomic E-state index is 14.1. The maximum Gasteiger partial charge on any atom is 1.00 e. The molecule has 0 unspecified atom stereocenters. The number of anilines is 6. The molecule has 0 fully saturated rings. The van der Waals surface area contributed by atoms with Crippen molar-refractivity contribution in [3.63, 3.8) is 0 Å². The third kappa shape index (κ3) is 19.0. The van der Waals surface area contributed by atoms with Crippen molar-refractivity contribution in [3.05, 3.63) is 166 Å². The summed E-state index contributed by atoms with van der Waals surface area (Å²) in [5.41, 5.74) is 13.2. The van der Waals surface area contributed by atoms with Gasteiger partial charge in [0.05, 0.1) is 32.5 Å². The number of Topliss-reactive ketones (excluding diaryl/α,β-unsaturated/α-hetero) is 2. The van der Waals surface area contributed by atoms with Gasteiger partial charge in [-0.1, -0.05) is 12.1 Å². The van der Waals surface area contributed by atoms with Crippen LogP contribution in [-0.2, 0) is 60.7 Å². The first-order chi connectivity index (χ1) is 41.5. The zero-order valence-electron chi connectivity index (χ0n) is 50.0. The number of fused-ring (bicyclic) bond motifs is 4. The molecule has 8 aromatic carbocycles. The molecule has 31 nitrogen and oxygen atoms in total. The van der Waals surface area contributed by atoms with Gasteiger partial charge in [-0.25, -0.2) is 0 Å². The van der Waals surface area contributed by atoms with Crippen LogP contribution in [0.4, 0.5) is 56.9 Å². The van der Waals surface area contributed by atoms with E-state index in [0.717, 1.165) is 60.7 Å². The van der Waals surface area contributed by atoms with Crippen molar-refractivity contribution in [2.24, 2.45) is 30.7 Å². The molecule has 0 aromatic heterocycles. The van der Waals surface area contributed by atoms with Gasteiger partial charge in [-0.2, -0.15) is 60.7 Å². The number of nitrogens with two attached hydrogens (primary N) is 2. The van der Waals surface area contributed by atoms with Crippen LogP contribution >= 0.6 is 0 Å². The Morgan fingerprint density at radius 3 is 1.01 bits per heavy atom. The van der Waals surface area contributed by atoms with Gasteiger partial charge in [0.15, 0.2) is 11.4 Å². The minimum atomic E-state index is -5.29. The molecule has 2 aliphatic rings. The van der Waals surface area contributed by atoms with E-state index in [9.17, 15) is 87.4 Å². The standard InChI is InChI=1S/C52H37N11O20S6.6Na/c53-27-1-11-43(45(21-27)86(72,73)74)60-56-39-13-15-41(37-23-31(84(66,67)68)5-9-35(37)39)58-62-49-47(88(78,79)80)19-25-17-29(3-7-33(25)51(49)64)55-30-4-8-34-26(18-30)20-48(89(81,82)83)50(52(34)65)63-59-42-16-14-40(36-10-6-32(24-38(36)42)85(69,70)71)57-61-44-12-2-28(54)22-46(44)87(75,76)77;;;;;;/h1-24,55,58-59H,53-54H2,(H,66,67,68)(H,69,70,71)(H,72,73,74)(H,75,76,77)(H,78,79,80)(H,81,82,83);;;;;;/q;6*+1/b60-56?,61-57?,62-49-,63-50-;;;;;;. The van der Waals surface area contributed by atoms with Gasteiger partial charge < -0.3 is 16.8 Å². The van der Waals surface area contributed by atoms with Gasteiger partial charge in [-0.05, 0) is 145 Å². The number of hydrazone groups is 2. The van der Waals surface area contributed by atoms with Crippen LogP contribution in [0.1, 0.15) is 31.8 Å². The SMILES string of the molecule is Nc1ccc(N=Nc2ccc(N/N=C3\C(=O)c4ccc(Nc5ccc6c(c5)C=C(S(=O)(=O)O)/C(=N/Nc5ccc(N=Nc7ccc(N)cc7S(=O)(=O)O)c7ccc(S(=O)(=O)O)cc57)C6=O)cc4C=C3S(=O)(=O)O)c3cc(S(=O)(=O)O)ccc23)c(S(=O)(=O)O)c1.[Na+].[Na+].[Na+].[Na+].[Na+].[Na+]. The van der Waals surface area contributed by atoms with Crippen molar-refractivity contribution < 1.29 is 265 Å². The molecule has 0 heterocycles. The van der Waals surface area contributed by atoms with Crippen LogP contribution in [0, 0.1) is 0 Å². The average Bonchev–Trinajstić information content (AvgIpc) is 0.777. The molecule has 0 amide bonds. The molecule has 2 aliphatic carbocycles. The molecule has 0 saturated carbocycles. The number of azo groups is 2. The first-order valence-electron chi connectivity index (χ1n) is 24.4. The molecule has 0 atom stereocenters. The van der Waals surface area contributed by atoms with Gasteiger partial charge >= 0.3 is 177 Å². The fourth-order valence-corrected chi connectivity index (χ4v) is 12.7. The number of nitrogens with zero attached hydrogens (tertiary/aromatic N) is 6. The second kappa shape index (κ2) is 32.2. The van der Waals surface area contributed by atoms with Gasteiger partial charge in [0, 0.05) is 55.4 Å². The summed E-state index contributed by atoms with van der Waals surface area (Å²) in [6.07, 6.45) is 1.80. The van der Waals surface area contributed by atoms with Crippen LogP contribution in [0.2, 0.25) is 0 Å². The Bertz CT molecular complexity index is 5120. The number of ketones is 2. The van der Waals surface area contributed by atoms with Crippen molar-refractivity contribution >= 4 is 174 Å². The van der Waals surface area contributed by atoms with Crippen molar-refractivity contribution in [1.29, 1.82) is 0 Å². The Hall–Kier alpha value is -3.90. The number of carbonyl (C=O) groups is 2. The van der Waals surface area contributed by atoms with Crippen LogP contribution in [-0.4, -0.2) is 101 Å². The number of allylic oxidation sites excluding steroid dienone is 2. The summed E-state index contributed by atoms with van der Waals surface area (Å²) in [6, 6.07) is 25.7. The molecule has 0 aliphatic heterocycles. The zero-order chi connectivity index (χ0) is 64.5. The molecule has 95 heavy (non-hydrogen) atoms. The largest absolute Gasteiger partial charge is 1.00 e. The summed E-state index contributed by atoms with van der Waals surface area (Å²) in [5.74, 6) is -2.13. The molecular formula is C52H37N11Na6O20S6+6. The van der Waals surface area contributed by atoms with E-state index in [1.54, 1.807) is 0 Å². The Morgan fingerprint density at radius 1 is 0.347 bits per heavy atom. The molecule has 10 rings (SSSR count).